The van der Waals surface area contributed by atoms with E-state index in [0.29, 0.717) is 5.56 Å². The summed E-state index contributed by atoms with van der Waals surface area (Å²) in [4.78, 5) is 10.6. The molecule has 0 aliphatic rings. The molecule has 17 heavy (non-hydrogen) atoms. The van der Waals surface area contributed by atoms with Crippen molar-refractivity contribution in [3.8, 4) is 11.1 Å². The number of aromatic carboxylic acids is 1. The van der Waals surface area contributed by atoms with Gasteiger partial charge in [0.15, 0.2) is 0 Å². The van der Waals surface area contributed by atoms with E-state index >= 15 is 0 Å². The van der Waals surface area contributed by atoms with Gasteiger partial charge in [0.05, 0.1) is 12.4 Å². The zero-order valence-electron chi connectivity index (χ0n) is 8.39. The normalized spacial score (nSPS) is 10.2. The van der Waals surface area contributed by atoms with E-state index in [4.69, 9.17) is 5.11 Å². The lowest BCUT2D eigenvalue weighted by molar-refractivity contribution is 0.0686. The molecule has 2 rings (SSSR count). The first-order valence-corrected chi connectivity index (χ1v) is 4.59. The van der Waals surface area contributed by atoms with Gasteiger partial charge in [-0.15, -0.1) is 0 Å². The van der Waals surface area contributed by atoms with Crippen LogP contribution in [-0.2, 0) is 0 Å². The molecule has 0 radical (unpaired) electrons. The molecular formula is C11H6F2N2O2. The number of hydrogen-bond donors (Lipinski definition) is 1. The van der Waals surface area contributed by atoms with Crippen molar-refractivity contribution in [1.82, 2.24) is 10.2 Å². The van der Waals surface area contributed by atoms with E-state index in [2.05, 4.69) is 10.2 Å². The summed E-state index contributed by atoms with van der Waals surface area (Å²) in [5, 5.41) is 15.7. The fourth-order valence-corrected chi connectivity index (χ4v) is 1.41. The van der Waals surface area contributed by atoms with Gasteiger partial charge in [-0.1, -0.05) is 0 Å². The van der Waals surface area contributed by atoms with Crippen molar-refractivity contribution >= 4 is 5.97 Å². The second-order valence-electron chi connectivity index (χ2n) is 3.25. The Morgan fingerprint density at radius 2 is 1.76 bits per heavy atom. The lowest BCUT2D eigenvalue weighted by atomic mass is 10.0. The molecule has 0 unspecified atom stereocenters. The molecule has 86 valence electrons. The lowest BCUT2D eigenvalue weighted by Crippen LogP contribution is -2.04. The summed E-state index contributed by atoms with van der Waals surface area (Å²) in [6.07, 6.45) is 2.70. The van der Waals surface area contributed by atoms with E-state index in [1.54, 1.807) is 0 Å². The quantitative estimate of drug-likeness (QED) is 0.867. The van der Waals surface area contributed by atoms with Crippen LogP contribution in [0.15, 0.2) is 30.6 Å². The second-order valence-corrected chi connectivity index (χ2v) is 3.25. The van der Waals surface area contributed by atoms with Gasteiger partial charge in [-0.25, -0.2) is 13.6 Å². The molecule has 0 saturated carbocycles. The minimum absolute atomic E-state index is 0.208. The number of hydrogen-bond acceptors (Lipinski definition) is 3. The molecule has 1 N–H and O–H groups in total. The summed E-state index contributed by atoms with van der Waals surface area (Å²) in [5.74, 6) is -3.88. The molecule has 0 atom stereocenters. The van der Waals surface area contributed by atoms with Gasteiger partial charge in [0.2, 0.25) is 0 Å². The van der Waals surface area contributed by atoms with Crippen LogP contribution in [0.25, 0.3) is 11.1 Å². The van der Waals surface area contributed by atoms with Crippen LogP contribution in [0, 0.1) is 11.6 Å². The van der Waals surface area contributed by atoms with Gasteiger partial charge >= 0.3 is 5.97 Å². The molecule has 0 spiro atoms. The summed E-state index contributed by atoms with van der Waals surface area (Å²) in [6, 6.07) is 3.41. The highest BCUT2D eigenvalue weighted by molar-refractivity contribution is 5.89. The second kappa shape index (κ2) is 4.25. The Labute approximate surface area is 94.5 Å². The maximum Gasteiger partial charge on any atom is 0.341 e. The maximum atomic E-state index is 13.4. The van der Waals surface area contributed by atoms with Gasteiger partial charge in [-0.2, -0.15) is 10.2 Å². The highest BCUT2D eigenvalue weighted by Crippen LogP contribution is 2.23. The van der Waals surface area contributed by atoms with Crippen molar-refractivity contribution in [1.29, 1.82) is 0 Å². The van der Waals surface area contributed by atoms with Gasteiger partial charge in [0.25, 0.3) is 0 Å². The van der Waals surface area contributed by atoms with Crippen molar-refractivity contribution in [3.05, 3.63) is 47.8 Å². The summed E-state index contributed by atoms with van der Waals surface area (Å²) in [7, 11) is 0. The Hall–Kier alpha value is -2.37. The van der Waals surface area contributed by atoms with Crippen LogP contribution in [0.2, 0.25) is 0 Å². The minimum atomic E-state index is -1.64. The van der Waals surface area contributed by atoms with E-state index < -0.39 is 23.2 Å². The molecular weight excluding hydrogens is 230 g/mol. The maximum absolute atomic E-state index is 13.4. The number of halogens is 2. The van der Waals surface area contributed by atoms with Crippen molar-refractivity contribution in [2.75, 3.05) is 0 Å². The largest absolute Gasteiger partial charge is 0.477 e. The third-order valence-electron chi connectivity index (χ3n) is 2.17. The first-order chi connectivity index (χ1) is 8.09. The van der Waals surface area contributed by atoms with E-state index in [9.17, 15) is 13.6 Å². The van der Waals surface area contributed by atoms with Gasteiger partial charge in [-0.05, 0) is 23.8 Å². The molecule has 0 amide bonds. The van der Waals surface area contributed by atoms with Gasteiger partial charge < -0.3 is 5.11 Å². The predicted molar refractivity (Wildman–Crippen MR) is 54.3 cm³/mol. The van der Waals surface area contributed by atoms with Crippen LogP contribution in [0.3, 0.4) is 0 Å². The Bertz CT molecular complexity index is 550. The number of rotatable bonds is 2. The van der Waals surface area contributed by atoms with E-state index in [1.165, 1.54) is 18.5 Å². The van der Waals surface area contributed by atoms with Crippen molar-refractivity contribution < 1.29 is 18.7 Å². The van der Waals surface area contributed by atoms with Crippen molar-refractivity contribution in [3.63, 3.8) is 0 Å². The Morgan fingerprint density at radius 1 is 1.12 bits per heavy atom. The number of carboxylic acid groups (broad SMARTS) is 1. The Morgan fingerprint density at radius 3 is 2.24 bits per heavy atom. The third kappa shape index (κ3) is 2.10. The average Bonchev–Trinajstić information content (AvgIpc) is 2.28. The van der Waals surface area contributed by atoms with Crippen LogP contribution >= 0.6 is 0 Å². The lowest BCUT2D eigenvalue weighted by Gasteiger charge is -2.04. The third-order valence-corrected chi connectivity index (χ3v) is 2.17. The van der Waals surface area contributed by atoms with E-state index in [-0.39, 0.29) is 5.56 Å². The summed E-state index contributed by atoms with van der Waals surface area (Å²) in [6.45, 7) is 0. The zero-order valence-corrected chi connectivity index (χ0v) is 8.39. The smallest absolute Gasteiger partial charge is 0.341 e. The molecule has 1 heterocycles. The molecule has 0 saturated heterocycles. The van der Waals surface area contributed by atoms with E-state index in [1.807, 2.05) is 0 Å². The van der Waals surface area contributed by atoms with Crippen molar-refractivity contribution in [2.24, 2.45) is 0 Å². The molecule has 0 aliphatic carbocycles. The van der Waals surface area contributed by atoms with E-state index in [0.717, 1.165) is 12.1 Å². The highest BCUT2D eigenvalue weighted by Gasteiger charge is 2.18. The Kier molecular flexibility index (Phi) is 2.78. The molecule has 6 heteroatoms. The minimum Gasteiger partial charge on any atom is -0.477 e. The SMILES string of the molecule is O=C(O)c1c(F)cc(-c2ccnnc2)cc1F. The number of carboxylic acids is 1. The molecule has 0 aliphatic heterocycles. The molecule has 0 fully saturated rings. The molecule has 0 bridgehead atoms. The zero-order chi connectivity index (χ0) is 12.4. The van der Waals surface area contributed by atoms with Crippen LogP contribution in [0.4, 0.5) is 8.78 Å². The monoisotopic (exact) mass is 236 g/mol. The highest BCUT2D eigenvalue weighted by atomic mass is 19.1. The van der Waals surface area contributed by atoms with Gasteiger partial charge in [-0.3, -0.25) is 0 Å². The summed E-state index contributed by atoms with van der Waals surface area (Å²) < 4.78 is 26.8. The van der Waals surface area contributed by atoms with Crippen LogP contribution in [0.5, 0.6) is 0 Å². The van der Waals surface area contributed by atoms with Gasteiger partial charge in [0.1, 0.15) is 17.2 Å². The Balaban J connectivity index is 2.57. The molecule has 2 aromatic rings. The van der Waals surface area contributed by atoms with Crippen LogP contribution in [-0.4, -0.2) is 21.3 Å². The van der Waals surface area contributed by atoms with Crippen LogP contribution < -0.4 is 0 Å². The molecule has 1 aromatic heterocycles. The number of aromatic nitrogens is 2. The summed E-state index contributed by atoms with van der Waals surface area (Å²) in [5.41, 5.74) is -0.301. The fourth-order valence-electron chi connectivity index (χ4n) is 1.41. The topological polar surface area (TPSA) is 63.1 Å². The molecule has 4 nitrogen and oxygen atoms in total. The summed E-state index contributed by atoms with van der Waals surface area (Å²) >= 11 is 0. The van der Waals surface area contributed by atoms with Crippen molar-refractivity contribution in [2.45, 2.75) is 0 Å². The first kappa shape index (κ1) is 11.1. The fraction of sp³-hybridized carbons (Fsp3) is 0. The standard InChI is InChI=1S/C11H6F2N2O2/c12-8-3-7(6-1-2-14-15-5-6)4-9(13)10(8)11(16)17/h1-5H,(H,16,17). The number of carbonyl (C=O) groups is 1. The van der Waals surface area contributed by atoms with Crippen LogP contribution in [0.1, 0.15) is 10.4 Å². The number of nitrogens with zero attached hydrogens (tertiary/aromatic N) is 2. The number of benzene rings is 1. The molecule has 1 aromatic carbocycles. The van der Waals surface area contributed by atoms with Gasteiger partial charge in [0, 0.05) is 5.56 Å². The predicted octanol–water partition coefficient (Wildman–Crippen LogP) is 2.12. The average molecular weight is 236 g/mol. The first-order valence-electron chi connectivity index (χ1n) is 4.59.